The molecule has 1 unspecified atom stereocenters. The average Bonchev–Trinajstić information content (AvgIpc) is 1.62. The molecule has 8 heavy (non-hydrogen) atoms. The van der Waals surface area contributed by atoms with Crippen molar-refractivity contribution >= 4 is 0 Å². The van der Waals surface area contributed by atoms with Crippen LogP contribution in [0.25, 0.3) is 0 Å². The second kappa shape index (κ2) is 1.45. The lowest BCUT2D eigenvalue weighted by molar-refractivity contribution is 0.0872. The maximum atomic E-state index is 3.25. The van der Waals surface area contributed by atoms with Crippen molar-refractivity contribution in [2.24, 2.45) is 5.92 Å². The van der Waals surface area contributed by atoms with E-state index in [1.807, 2.05) is 0 Å². The smallest absolute Gasteiger partial charge is 0.0219 e. The van der Waals surface area contributed by atoms with E-state index in [4.69, 9.17) is 0 Å². The molecular formula is C6H12N2. The second-order valence-corrected chi connectivity index (χ2v) is 3.01. The monoisotopic (exact) mass is 112 g/mol. The van der Waals surface area contributed by atoms with Gasteiger partial charge in [0.2, 0.25) is 0 Å². The highest BCUT2D eigenvalue weighted by Gasteiger charge is 2.37. The van der Waals surface area contributed by atoms with Crippen molar-refractivity contribution in [1.82, 2.24) is 10.9 Å². The van der Waals surface area contributed by atoms with Gasteiger partial charge in [-0.2, -0.15) is 0 Å². The second-order valence-electron chi connectivity index (χ2n) is 3.01. The van der Waals surface area contributed by atoms with E-state index in [0.717, 1.165) is 12.0 Å². The van der Waals surface area contributed by atoms with E-state index >= 15 is 0 Å². The third kappa shape index (κ3) is 0.501. The highest BCUT2D eigenvalue weighted by atomic mass is 15.4. The normalized spacial score (nSPS) is 52.9. The first-order valence-corrected chi connectivity index (χ1v) is 3.37. The van der Waals surface area contributed by atoms with Crippen molar-refractivity contribution in [3.8, 4) is 0 Å². The molecule has 0 radical (unpaired) electrons. The molecule has 0 aromatic rings. The Kier molecular flexibility index (Phi) is 0.866. The summed E-state index contributed by atoms with van der Waals surface area (Å²) < 4.78 is 0. The van der Waals surface area contributed by atoms with Gasteiger partial charge in [-0.05, 0) is 25.7 Å². The fraction of sp³-hybridized carbons (Fsp3) is 1.00. The fourth-order valence-electron chi connectivity index (χ4n) is 1.56. The summed E-state index contributed by atoms with van der Waals surface area (Å²) in [5.74, 6) is 0.973. The number of nitrogens with one attached hydrogen (secondary N) is 2. The first-order chi connectivity index (χ1) is 3.86. The summed E-state index contributed by atoms with van der Waals surface area (Å²) >= 11 is 0. The molecule has 46 valence electrons. The van der Waals surface area contributed by atoms with Crippen LogP contribution >= 0.6 is 0 Å². The highest BCUT2D eigenvalue weighted by Crippen LogP contribution is 2.32. The lowest BCUT2D eigenvalue weighted by atomic mass is 9.75. The molecule has 2 saturated heterocycles. The van der Waals surface area contributed by atoms with E-state index in [-0.39, 0.29) is 0 Å². The number of rotatable bonds is 0. The first-order valence-electron chi connectivity index (χ1n) is 3.37. The van der Waals surface area contributed by atoms with Crippen LogP contribution in [-0.2, 0) is 0 Å². The van der Waals surface area contributed by atoms with Crippen LogP contribution in [0.5, 0.6) is 0 Å². The van der Waals surface area contributed by atoms with Gasteiger partial charge in [0.25, 0.3) is 0 Å². The Morgan fingerprint density at radius 1 is 1.25 bits per heavy atom. The maximum absolute atomic E-state index is 3.25. The molecule has 1 atom stereocenters. The van der Waals surface area contributed by atoms with Gasteiger partial charge in [0.1, 0.15) is 0 Å². The molecule has 2 heterocycles. The van der Waals surface area contributed by atoms with Crippen molar-refractivity contribution in [2.45, 2.75) is 31.8 Å². The van der Waals surface area contributed by atoms with Gasteiger partial charge >= 0.3 is 0 Å². The van der Waals surface area contributed by atoms with Gasteiger partial charge in [-0.25, -0.2) is 0 Å². The Labute approximate surface area is 49.6 Å². The van der Waals surface area contributed by atoms with Crippen LogP contribution in [0.1, 0.15) is 19.8 Å². The van der Waals surface area contributed by atoms with E-state index in [2.05, 4.69) is 17.8 Å². The Hall–Kier alpha value is -0.0800. The molecule has 2 aliphatic heterocycles. The van der Waals surface area contributed by atoms with Gasteiger partial charge in [0.15, 0.2) is 0 Å². The van der Waals surface area contributed by atoms with Crippen LogP contribution in [0.2, 0.25) is 0 Å². The SMILES string of the molecule is CC1NNC2CC1C2. The third-order valence-corrected chi connectivity index (χ3v) is 2.40. The summed E-state index contributed by atoms with van der Waals surface area (Å²) in [7, 11) is 0. The predicted molar refractivity (Wildman–Crippen MR) is 32.2 cm³/mol. The molecule has 2 N–H and O–H groups in total. The quantitative estimate of drug-likeness (QED) is 0.469. The van der Waals surface area contributed by atoms with Crippen molar-refractivity contribution in [2.75, 3.05) is 0 Å². The van der Waals surface area contributed by atoms with Crippen molar-refractivity contribution in [3.05, 3.63) is 0 Å². The molecule has 2 heteroatoms. The molecule has 0 aromatic carbocycles. The van der Waals surface area contributed by atoms with Gasteiger partial charge in [-0.3, -0.25) is 10.9 Å². The lowest BCUT2D eigenvalue weighted by Gasteiger charge is -2.46. The topological polar surface area (TPSA) is 24.1 Å². The van der Waals surface area contributed by atoms with E-state index in [1.165, 1.54) is 12.8 Å². The first kappa shape index (κ1) is 4.77. The summed E-state index contributed by atoms with van der Waals surface area (Å²) in [5.41, 5.74) is 6.48. The molecule has 0 aromatic heterocycles. The van der Waals surface area contributed by atoms with Crippen LogP contribution < -0.4 is 10.9 Å². The highest BCUT2D eigenvalue weighted by molar-refractivity contribution is 4.93. The molecule has 2 bridgehead atoms. The van der Waals surface area contributed by atoms with Crippen LogP contribution in [-0.4, -0.2) is 12.1 Å². The zero-order chi connectivity index (χ0) is 5.56. The van der Waals surface area contributed by atoms with E-state index in [9.17, 15) is 0 Å². The Morgan fingerprint density at radius 3 is 2.25 bits per heavy atom. The Morgan fingerprint density at radius 2 is 2.00 bits per heavy atom. The van der Waals surface area contributed by atoms with Crippen LogP contribution in [0.3, 0.4) is 0 Å². The minimum atomic E-state index is 0.708. The summed E-state index contributed by atoms with van der Waals surface area (Å²) in [6, 6.07) is 1.51. The van der Waals surface area contributed by atoms with Crippen LogP contribution in [0.4, 0.5) is 0 Å². The van der Waals surface area contributed by atoms with E-state index in [1.54, 1.807) is 0 Å². The van der Waals surface area contributed by atoms with Crippen molar-refractivity contribution < 1.29 is 0 Å². The summed E-state index contributed by atoms with van der Waals surface area (Å²) in [4.78, 5) is 0. The molecule has 0 spiro atoms. The largest absolute Gasteiger partial charge is 0.255 e. The van der Waals surface area contributed by atoms with E-state index < -0.39 is 0 Å². The van der Waals surface area contributed by atoms with Gasteiger partial charge in [0.05, 0.1) is 0 Å². The predicted octanol–water partition coefficient (Wildman–Crippen LogP) is 0.261. The summed E-state index contributed by atoms with van der Waals surface area (Å²) in [6.45, 7) is 2.24. The number of hydrogen-bond acceptors (Lipinski definition) is 2. The van der Waals surface area contributed by atoms with Crippen LogP contribution in [0.15, 0.2) is 0 Å². The third-order valence-electron chi connectivity index (χ3n) is 2.40. The zero-order valence-corrected chi connectivity index (χ0v) is 5.15. The van der Waals surface area contributed by atoms with Crippen molar-refractivity contribution in [3.63, 3.8) is 0 Å². The average molecular weight is 112 g/mol. The maximum Gasteiger partial charge on any atom is 0.0219 e. The minimum Gasteiger partial charge on any atom is -0.255 e. The van der Waals surface area contributed by atoms with Gasteiger partial charge in [0, 0.05) is 12.1 Å². The summed E-state index contributed by atoms with van der Waals surface area (Å²) in [6.07, 6.45) is 2.79. The van der Waals surface area contributed by atoms with Gasteiger partial charge in [-0.15, -0.1) is 0 Å². The molecule has 2 nitrogen and oxygen atoms in total. The zero-order valence-electron chi connectivity index (χ0n) is 5.15. The molecular weight excluding hydrogens is 100 g/mol. The Balaban J connectivity index is 2.01. The standard InChI is InChI=1S/C6H12N2/c1-4-5-2-6(3-5)8-7-4/h4-8H,2-3H2,1H3. The minimum absolute atomic E-state index is 0.708. The van der Waals surface area contributed by atoms with Crippen molar-refractivity contribution in [1.29, 1.82) is 0 Å². The molecule has 3 rings (SSSR count). The van der Waals surface area contributed by atoms with E-state index in [0.29, 0.717) is 6.04 Å². The number of hydrazine groups is 1. The summed E-state index contributed by atoms with van der Waals surface area (Å²) in [5, 5.41) is 0. The number of fused-ring (bicyclic) bond motifs is 2. The van der Waals surface area contributed by atoms with Gasteiger partial charge in [-0.1, -0.05) is 0 Å². The molecule has 3 fully saturated rings. The van der Waals surface area contributed by atoms with Crippen LogP contribution in [0, 0.1) is 5.92 Å². The molecule has 3 aliphatic rings. The molecule has 1 saturated carbocycles. The molecule has 1 aliphatic carbocycles. The molecule has 0 amide bonds. The number of hydrogen-bond donors (Lipinski definition) is 2. The lowest BCUT2D eigenvalue weighted by Crippen LogP contribution is -2.62. The fourth-order valence-corrected chi connectivity index (χ4v) is 1.56. The van der Waals surface area contributed by atoms with Gasteiger partial charge < -0.3 is 0 Å². The Bertz CT molecular complexity index is 91.2.